The van der Waals surface area contributed by atoms with E-state index in [4.69, 9.17) is 4.74 Å². The summed E-state index contributed by atoms with van der Waals surface area (Å²) in [6, 6.07) is 12.7. The fourth-order valence-electron chi connectivity index (χ4n) is 2.79. The molecule has 0 saturated carbocycles. The van der Waals surface area contributed by atoms with Crippen molar-refractivity contribution in [3.05, 3.63) is 70.5 Å². The summed E-state index contributed by atoms with van der Waals surface area (Å²) in [7, 11) is 0. The van der Waals surface area contributed by atoms with Crippen LogP contribution < -0.4 is 10.9 Å². The van der Waals surface area contributed by atoms with Gasteiger partial charge in [0.15, 0.2) is 0 Å². The lowest BCUT2D eigenvalue weighted by molar-refractivity contribution is 0.0528. The number of nitrogens with zero attached hydrogens (tertiary/aromatic N) is 2. The maximum Gasteiger partial charge on any atom is 0.407 e. The van der Waals surface area contributed by atoms with Crippen LogP contribution in [0.25, 0.3) is 16.6 Å². The van der Waals surface area contributed by atoms with Crippen LogP contribution in [0.2, 0.25) is 0 Å². The molecule has 0 atom stereocenters. The predicted octanol–water partition coefficient (Wildman–Crippen LogP) is 3.59. The van der Waals surface area contributed by atoms with Crippen LogP contribution in [0.4, 0.5) is 9.18 Å². The Bertz CT molecular complexity index is 1050. The Kier molecular flexibility index (Phi) is 5.44. The smallest absolute Gasteiger partial charge is 0.407 e. The van der Waals surface area contributed by atoms with Crippen molar-refractivity contribution in [1.82, 2.24) is 14.9 Å². The summed E-state index contributed by atoms with van der Waals surface area (Å²) in [6.07, 6.45) is -0.236. The molecule has 0 unspecified atom stereocenters. The second-order valence-corrected chi connectivity index (χ2v) is 7.34. The molecule has 0 saturated heterocycles. The summed E-state index contributed by atoms with van der Waals surface area (Å²) < 4.78 is 20.0. The van der Waals surface area contributed by atoms with Gasteiger partial charge in [-0.3, -0.25) is 9.36 Å². The van der Waals surface area contributed by atoms with Gasteiger partial charge in [-0.1, -0.05) is 12.1 Å². The molecular formula is C21H22FN3O3. The third kappa shape index (κ3) is 4.54. The van der Waals surface area contributed by atoms with E-state index in [9.17, 15) is 14.0 Å². The number of para-hydroxylation sites is 1. The quantitative estimate of drug-likeness (QED) is 0.747. The summed E-state index contributed by atoms with van der Waals surface area (Å²) in [5.74, 6) is 0.0741. The van der Waals surface area contributed by atoms with Crippen LogP contribution in [-0.2, 0) is 11.2 Å². The van der Waals surface area contributed by atoms with E-state index in [1.54, 1.807) is 45.0 Å². The first-order valence-corrected chi connectivity index (χ1v) is 8.98. The van der Waals surface area contributed by atoms with Gasteiger partial charge in [0, 0.05) is 13.0 Å². The minimum absolute atomic E-state index is 0.237. The predicted molar refractivity (Wildman–Crippen MR) is 105 cm³/mol. The van der Waals surface area contributed by atoms with Gasteiger partial charge < -0.3 is 10.1 Å². The molecule has 1 aromatic heterocycles. The first-order valence-electron chi connectivity index (χ1n) is 8.98. The van der Waals surface area contributed by atoms with Crippen molar-refractivity contribution in [1.29, 1.82) is 0 Å². The lowest BCUT2D eigenvalue weighted by atomic mass is 10.2. The van der Waals surface area contributed by atoms with Crippen LogP contribution in [0.15, 0.2) is 53.3 Å². The fourth-order valence-corrected chi connectivity index (χ4v) is 2.79. The third-order valence-corrected chi connectivity index (χ3v) is 3.95. The molecule has 0 aliphatic carbocycles. The maximum absolute atomic E-state index is 13.3. The number of fused-ring (bicyclic) bond motifs is 1. The summed E-state index contributed by atoms with van der Waals surface area (Å²) in [4.78, 5) is 29.5. The number of nitrogens with one attached hydrogen (secondary N) is 1. The van der Waals surface area contributed by atoms with Crippen LogP contribution in [0.1, 0.15) is 26.6 Å². The summed E-state index contributed by atoms with van der Waals surface area (Å²) in [5, 5.41) is 3.13. The average Bonchev–Trinajstić information content (AvgIpc) is 2.62. The van der Waals surface area contributed by atoms with Crippen molar-refractivity contribution in [2.45, 2.75) is 32.8 Å². The lowest BCUT2D eigenvalue weighted by Gasteiger charge is -2.20. The van der Waals surface area contributed by atoms with E-state index in [-0.39, 0.29) is 12.1 Å². The summed E-state index contributed by atoms with van der Waals surface area (Å²) in [6.45, 7) is 5.58. The largest absolute Gasteiger partial charge is 0.444 e. The van der Waals surface area contributed by atoms with E-state index >= 15 is 0 Å². The zero-order valence-electron chi connectivity index (χ0n) is 16.0. The highest BCUT2D eigenvalue weighted by Gasteiger charge is 2.17. The summed E-state index contributed by atoms with van der Waals surface area (Å²) >= 11 is 0. The number of benzene rings is 2. The Hall–Kier alpha value is -3.22. The van der Waals surface area contributed by atoms with Crippen molar-refractivity contribution >= 4 is 17.0 Å². The Labute approximate surface area is 162 Å². The molecule has 1 heterocycles. The molecule has 7 heteroatoms. The minimum Gasteiger partial charge on any atom is -0.444 e. The number of hydrogen-bond donors (Lipinski definition) is 1. The molecule has 3 rings (SSSR count). The maximum atomic E-state index is 13.3. The van der Waals surface area contributed by atoms with Gasteiger partial charge in [-0.2, -0.15) is 0 Å². The topological polar surface area (TPSA) is 73.2 Å². The molecule has 0 aliphatic rings. The zero-order valence-corrected chi connectivity index (χ0v) is 16.0. The Morgan fingerprint density at radius 2 is 1.82 bits per heavy atom. The number of carbonyl (C=O) groups excluding carboxylic acids is 1. The van der Waals surface area contributed by atoms with Crippen molar-refractivity contribution in [2.24, 2.45) is 0 Å². The van der Waals surface area contributed by atoms with Gasteiger partial charge in [0.1, 0.15) is 17.2 Å². The molecule has 28 heavy (non-hydrogen) atoms. The van der Waals surface area contributed by atoms with E-state index in [2.05, 4.69) is 10.3 Å². The molecule has 0 aliphatic heterocycles. The number of aromatic nitrogens is 2. The number of rotatable bonds is 4. The summed E-state index contributed by atoms with van der Waals surface area (Å²) in [5.41, 5.74) is 0.237. The molecule has 1 N–H and O–H groups in total. The van der Waals surface area contributed by atoms with Gasteiger partial charge in [0.05, 0.1) is 16.6 Å². The molecule has 0 radical (unpaired) electrons. The molecule has 1 amide bonds. The van der Waals surface area contributed by atoms with Crippen LogP contribution in [0, 0.1) is 5.82 Å². The molecule has 0 bridgehead atoms. The Morgan fingerprint density at radius 1 is 1.14 bits per heavy atom. The van der Waals surface area contributed by atoms with E-state index in [0.29, 0.717) is 28.8 Å². The van der Waals surface area contributed by atoms with E-state index in [1.807, 2.05) is 0 Å². The van der Waals surface area contributed by atoms with Crippen molar-refractivity contribution in [3.8, 4) is 5.69 Å². The van der Waals surface area contributed by atoms with Crippen molar-refractivity contribution in [2.75, 3.05) is 6.54 Å². The number of hydrogen-bond acceptors (Lipinski definition) is 4. The third-order valence-electron chi connectivity index (χ3n) is 3.95. The molecule has 146 valence electrons. The first-order chi connectivity index (χ1) is 13.2. The van der Waals surface area contributed by atoms with Gasteiger partial charge in [0.2, 0.25) is 0 Å². The number of alkyl carbamates (subject to hydrolysis) is 1. The molecule has 3 aromatic rings. The van der Waals surface area contributed by atoms with Gasteiger partial charge in [-0.05, 0) is 57.2 Å². The van der Waals surface area contributed by atoms with Gasteiger partial charge in [-0.25, -0.2) is 14.2 Å². The zero-order chi connectivity index (χ0) is 20.3. The highest BCUT2D eigenvalue weighted by molar-refractivity contribution is 5.77. The van der Waals surface area contributed by atoms with Crippen LogP contribution >= 0.6 is 0 Å². The van der Waals surface area contributed by atoms with Crippen LogP contribution in [-0.4, -0.2) is 27.8 Å². The number of carbonyl (C=O) groups is 1. The molecule has 0 fully saturated rings. The number of ether oxygens (including phenoxy) is 1. The number of halogens is 1. The number of amides is 1. The molecule has 2 aromatic carbocycles. The minimum atomic E-state index is -0.596. The average molecular weight is 383 g/mol. The van der Waals surface area contributed by atoms with Gasteiger partial charge in [-0.15, -0.1) is 0 Å². The highest BCUT2D eigenvalue weighted by Crippen LogP contribution is 2.14. The Balaban J connectivity index is 1.94. The van der Waals surface area contributed by atoms with E-state index < -0.39 is 17.5 Å². The fraction of sp³-hybridized carbons (Fsp3) is 0.286. The molecular weight excluding hydrogens is 361 g/mol. The van der Waals surface area contributed by atoms with Gasteiger partial charge >= 0.3 is 6.09 Å². The van der Waals surface area contributed by atoms with Crippen molar-refractivity contribution in [3.63, 3.8) is 0 Å². The normalized spacial score (nSPS) is 11.4. The highest BCUT2D eigenvalue weighted by atomic mass is 19.1. The monoisotopic (exact) mass is 383 g/mol. The second-order valence-electron chi connectivity index (χ2n) is 7.34. The SMILES string of the molecule is CC(C)(C)OC(=O)NCCc1nc2ccccc2c(=O)n1-c1ccc(F)cc1. The van der Waals surface area contributed by atoms with Crippen molar-refractivity contribution < 1.29 is 13.9 Å². The van der Waals surface area contributed by atoms with Crippen LogP contribution in [0.3, 0.4) is 0 Å². The second kappa shape index (κ2) is 7.80. The van der Waals surface area contributed by atoms with E-state index in [1.165, 1.54) is 28.8 Å². The Morgan fingerprint density at radius 3 is 2.50 bits per heavy atom. The standard InChI is InChI=1S/C21H22FN3O3/c1-21(2,3)28-20(27)23-13-12-18-24-17-7-5-4-6-16(17)19(26)25(18)15-10-8-14(22)9-11-15/h4-11H,12-13H2,1-3H3,(H,23,27). The lowest BCUT2D eigenvalue weighted by Crippen LogP contribution is -2.34. The molecule has 0 spiro atoms. The first kappa shape index (κ1) is 19.5. The molecule has 6 nitrogen and oxygen atoms in total. The van der Waals surface area contributed by atoms with Gasteiger partial charge in [0.25, 0.3) is 5.56 Å². The van der Waals surface area contributed by atoms with Crippen LogP contribution in [0.5, 0.6) is 0 Å². The van der Waals surface area contributed by atoms with E-state index in [0.717, 1.165) is 0 Å².